The minimum atomic E-state index is -1.05. The Morgan fingerprint density at radius 2 is 1.57 bits per heavy atom. The van der Waals surface area contributed by atoms with Gasteiger partial charge in [0.25, 0.3) is 0 Å². The molecule has 7 heavy (non-hydrogen) atoms. The van der Waals surface area contributed by atoms with Gasteiger partial charge in [0.15, 0.2) is 0 Å². The van der Waals surface area contributed by atoms with E-state index < -0.39 is 21.7 Å². The van der Waals surface area contributed by atoms with E-state index in [9.17, 15) is 9.59 Å². The van der Waals surface area contributed by atoms with Crippen LogP contribution in [-0.4, -0.2) is 34.5 Å². The van der Waals surface area contributed by atoms with Crippen molar-refractivity contribution in [2.75, 3.05) is 0 Å². The van der Waals surface area contributed by atoms with E-state index in [1.54, 1.807) is 0 Å². The summed E-state index contributed by atoms with van der Waals surface area (Å²) in [4.78, 5) is 18.9. The molecule has 0 aromatic heterocycles. The van der Waals surface area contributed by atoms with E-state index in [2.05, 4.69) is 7.08 Å². The molecule has 38 valence electrons. The summed E-state index contributed by atoms with van der Waals surface area (Å²) < 4.78 is 4.79. The van der Waals surface area contributed by atoms with E-state index in [0.717, 1.165) is 0 Å². The first-order valence-corrected chi connectivity index (χ1v) is 4.40. The summed E-state index contributed by atoms with van der Waals surface area (Å²) in [5.41, 5.74) is 0. The Labute approximate surface area is 51.6 Å². The number of carbonyl (C=O) groups excluding carboxylic acids is 2. The van der Waals surface area contributed by atoms with E-state index >= 15 is 0 Å². The fraction of sp³-hybridized carbons (Fsp3) is 0. The summed E-state index contributed by atoms with van der Waals surface area (Å²) in [6, 6.07) is 0. The maximum atomic E-state index is 9.46. The van der Waals surface area contributed by atoms with Crippen LogP contribution in [0.15, 0.2) is 0 Å². The third kappa shape index (κ3) is 5.74. The van der Waals surface area contributed by atoms with E-state index in [1.165, 1.54) is 0 Å². The molecule has 0 aliphatic carbocycles. The van der Waals surface area contributed by atoms with E-state index in [0.29, 0.717) is 12.8 Å². The Morgan fingerprint density at radius 3 is 1.86 bits per heavy atom. The normalized spacial score (nSPS) is 6.86. The van der Waals surface area contributed by atoms with Crippen LogP contribution in [0.2, 0.25) is 0 Å². The van der Waals surface area contributed by atoms with Crippen LogP contribution >= 0.6 is 0 Å². The van der Waals surface area contributed by atoms with Crippen LogP contribution in [0, 0.1) is 0 Å². The molecule has 0 saturated heterocycles. The minimum absolute atomic E-state index is 0.586. The van der Waals surface area contributed by atoms with Gasteiger partial charge in [-0.25, -0.2) is 0 Å². The standard InChI is InChI=1S/2CH3NO.Sn/c2*2-1-3;/h2*1H,(H2,2,3);/q;;+2/p-2. The van der Waals surface area contributed by atoms with Crippen molar-refractivity contribution in [2.24, 2.45) is 0 Å². The number of nitrogens with one attached hydrogen (secondary N) is 2. The molecule has 0 rings (SSSR count). The number of hydrogen-bond donors (Lipinski definition) is 2. The SMILES string of the molecule is O=C[NH][Sn][NH]C=O. The van der Waals surface area contributed by atoms with Gasteiger partial charge in [-0.3, -0.25) is 0 Å². The molecule has 0 atom stereocenters. The summed E-state index contributed by atoms with van der Waals surface area (Å²) in [5, 5.41) is 0. The molecule has 0 spiro atoms. The van der Waals surface area contributed by atoms with Crippen molar-refractivity contribution in [3.05, 3.63) is 0 Å². The quantitative estimate of drug-likeness (QED) is 0.318. The van der Waals surface area contributed by atoms with Gasteiger partial charge in [-0.15, -0.1) is 0 Å². The van der Waals surface area contributed by atoms with Crippen LogP contribution in [0.3, 0.4) is 0 Å². The van der Waals surface area contributed by atoms with Crippen molar-refractivity contribution in [1.29, 1.82) is 0 Å². The Morgan fingerprint density at radius 1 is 1.14 bits per heavy atom. The number of carbonyl (C=O) groups is 2. The van der Waals surface area contributed by atoms with Gasteiger partial charge in [-0.05, 0) is 0 Å². The second-order valence-electron chi connectivity index (χ2n) is 0.649. The van der Waals surface area contributed by atoms with Crippen LogP contribution in [0.5, 0.6) is 0 Å². The second kappa shape index (κ2) is 5.74. The monoisotopic (exact) mass is 208 g/mol. The molecular formula is C2H4N2O2Sn. The molecule has 2 radical (unpaired) electrons. The predicted octanol–water partition coefficient (Wildman–Crippen LogP) is -1.99. The maximum absolute atomic E-state index is 9.46. The van der Waals surface area contributed by atoms with Crippen molar-refractivity contribution in [2.45, 2.75) is 0 Å². The molecule has 0 unspecified atom stereocenters. The molecule has 0 aliphatic heterocycles. The summed E-state index contributed by atoms with van der Waals surface area (Å²) in [7, 11) is 0. The predicted molar refractivity (Wildman–Crippen MR) is 24.2 cm³/mol. The average molecular weight is 207 g/mol. The molecule has 5 heteroatoms. The summed E-state index contributed by atoms with van der Waals surface area (Å²) in [6.07, 6.45) is 1.17. The fourth-order valence-corrected chi connectivity index (χ4v) is 0.675. The van der Waals surface area contributed by atoms with E-state index in [4.69, 9.17) is 0 Å². The first-order valence-electron chi connectivity index (χ1n) is 1.55. The summed E-state index contributed by atoms with van der Waals surface area (Å²) >= 11 is -1.05. The van der Waals surface area contributed by atoms with Gasteiger partial charge in [-0.1, -0.05) is 0 Å². The van der Waals surface area contributed by atoms with Gasteiger partial charge < -0.3 is 0 Å². The van der Waals surface area contributed by atoms with Gasteiger partial charge in [0.1, 0.15) is 0 Å². The van der Waals surface area contributed by atoms with Crippen molar-refractivity contribution >= 4 is 34.5 Å². The van der Waals surface area contributed by atoms with Crippen LogP contribution in [0.1, 0.15) is 0 Å². The molecule has 2 N–H and O–H groups in total. The molecule has 0 heterocycles. The van der Waals surface area contributed by atoms with Crippen molar-refractivity contribution < 1.29 is 9.59 Å². The molecule has 0 bridgehead atoms. The van der Waals surface area contributed by atoms with Gasteiger partial charge in [-0.2, -0.15) is 0 Å². The summed E-state index contributed by atoms with van der Waals surface area (Å²) in [5.74, 6) is 0. The van der Waals surface area contributed by atoms with Crippen molar-refractivity contribution in [3.8, 4) is 0 Å². The Balaban J connectivity index is 2.68. The van der Waals surface area contributed by atoms with E-state index in [1.807, 2.05) is 0 Å². The van der Waals surface area contributed by atoms with E-state index in [-0.39, 0.29) is 0 Å². The Bertz CT molecular complexity index is 58.7. The fourth-order valence-electron chi connectivity index (χ4n) is 0.101. The van der Waals surface area contributed by atoms with Gasteiger partial charge in [0.2, 0.25) is 0 Å². The Kier molecular flexibility index (Phi) is 5.52. The number of hydrogen-bond acceptors (Lipinski definition) is 2. The first kappa shape index (κ1) is 6.74. The van der Waals surface area contributed by atoms with Crippen molar-refractivity contribution in [3.63, 3.8) is 0 Å². The molecule has 0 saturated carbocycles. The Hall–Kier alpha value is -0.261. The molecule has 0 aromatic rings. The number of amides is 2. The van der Waals surface area contributed by atoms with Crippen LogP contribution in [-0.2, 0) is 9.59 Å². The molecular weight excluding hydrogens is 203 g/mol. The van der Waals surface area contributed by atoms with Crippen LogP contribution in [0.4, 0.5) is 0 Å². The zero-order valence-corrected chi connectivity index (χ0v) is 6.33. The molecule has 0 aromatic carbocycles. The zero-order chi connectivity index (χ0) is 5.54. The van der Waals surface area contributed by atoms with Gasteiger partial charge >= 0.3 is 51.2 Å². The number of rotatable bonds is 4. The zero-order valence-electron chi connectivity index (χ0n) is 3.47. The molecule has 4 nitrogen and oxygen atoms in total. The van der Waals surface area contributed by atoms with Gasteiger partial charge in [0, 0.05) is 0 Å². The third-order valence-electron chi connectivity index (χ3n) is 0.262. The van der Waals surface area contributed by atoms with Gasteiger partial charge in [0.05, 0.1) is 0 Å². The third-order valence-corrected chi connectivity index (χ3v) is 1.76. The topological polar surface area (TPSA) is 58.2 Å². The van der Waals surface area contributed by atoms with Crippen molar-refractivity contribution in [1.82, 2.24) is 7.08 Å². The summed E-state index contributed by atoms with van der Waals surface area (Å²) in [6.45, 7) is 0. The second-order valence-corrected chi connectivity index (χ2v) is 3.01. The molecule has 2 amide bonds. The molecule has 0 fully saturated rings. The molecule has 0 aliphatic rings. The average Bonchev–Trinajstić information content (AvgIpc) is 1.69. The van der Waals surface area contributed by atoms with Crippen LogP contribution in [0.25, 0.3) is 0 Å². The first-order chi connectivity index (χ1) is 3.41. The van der Waals surface area contributed by atoms with Crippen LogP contribution < -0.4 is 7.08 Å².